The van der Waals surface area contributed by atoms with E-state index in [2.05, 4.69) is 10.2 Å². The summed E-state index contributed by atoms with van der Waals surface area (Å²) < 4.78 is 38.4. The average molecular weight is 216 g/mol. The van der Waals surface area contributed by atoms with Gasteiger partial charge in [-0.2, -0.15) is 5.10 Å². The van der Waals surface area contributed by atoms with Gasteiger partial charge in [-0.25, -0.2) is 13.2 Å². The highest BCUT2D eigenvalue weighted by Gasteiger charge is 2.08. The predicted molar refractivity (Wildman–Crippen MR) is 49.7 cm³/mol. The van der Waals surface area contributed by atoms with Crippen molar-refractivity contribution >= 4 is 12.2 Å². The normalized spacial score (nSPS) is 10.6. The van der Waals surface area contributed by atoms with Crippen LogP contribution in [0.15, 0.2) is 22.3 Å². The molecule has 0 aliphatic carbocycles. The fraction of sp³-hybridized carbons (Fsp3) is 0. The molecule has 7 heteroatoms. The molecule has 0 saturated heterocycles. The minimum Gasteiger partial charge on any atom is -0.369 e. The molecule has 0 spiro atoms. The highest BCUT2D eigenvalue weighted by atomic mass is 19.1. The summed E-state index contributed by atoms with van der Waals surface area (Å²) in [5.74, 6) is -3.53. The third-order valence-electron chi connectivity index (χ3n) is 1.40. The van der Waals surface area contributed by atoms with Crippen LogP contribution < -0.4 is 11.5 Å². The molecular formula is C8H7F3N4. The van der Waals surface area contributed by atoms with Gasteiger partial charge in [-0.05, 0) is 0 Å². The Hall–Kier alpha value is -2.05. The van der Waals surface area contributed by atoms with Crippen molar-refractivity contribution in [2.24, 2.45) is 21.7 Å². The minimum atomic E-state index is -1.08. The third-order valence-corrected chi connectivity index (χ3v) is 1.40. The first-order valence-corrected chi connectivity index (χ1v) is 3.77. The summed E-state index contributed by atoms with van der Waals surface area (Å²) in [6, 6.07) is 1.06. The van der Waals surface area contributed by atoms with Crippen molar-refractivity contribution in [3.05, 3.63) is 35.1 Å². The summed E-state index contributed by atoms with van der Waals surface area (Å²) in [6.45, 7) is 0. The van der Waals surface area contributed by atoms with Gasteiger partial charge in [0.15, 0.2) is 0 Å². The van der Waals surface area contributed by atoms with Crippen LogP contribution in [-0.2, 0) is 0 Å². The van der Waals surface area contributed by atoms with E-state index in [0.717, 1.165) is 6.21 Å². The molecule has 0 amide bonds. The molecule has 4 nitrogen and oxygen atoms in total. The van der Waals surface area contributed by atoms with Crippen LogP contribution in [0.2, 0.25) is 0 Å². The lowest BCUT2D eigenvalue weighted by Crippen LogP contribution is -2.21. The smallest absolute Gasteiger partial charge is 0.211 e. The van der Waals surface area contributed by atoms with Crippen molar-refractivity contribution in [3.8, 4) is 0 Å². The monoisotopic (exact) mass is 216 g/mol. The second-order valence-corrected chi connectivity index (χ2v) is 2.55. The van der Waals surface area contributed by atoms with E-state index in [1.807, 2.05) is 0 Å². The molecule has 1 aromatic carbocycles. The molecular weight excluding hydrogens is 209 g/mol. The number of nitrogens with two attached hydrogens (primary N) is 2. The van der Waals surface area contributed by atoms with Crippen LogP contribution in [0.3, 0.4) is 0 Å². The first kappa shape index (κ1) is 11.0. The van der Waals surface area contributed by atoms with Gasteiger partial charge in [0.25, 0.3) is 0 Å². The fourth-order valence-corrected chi connectivity index (χ4v) is 0.830. The Kier molecular flexibility index (Phi) is 3.27. The van der Waals surface area contributed by atoms with Gasteiger partial charge in [-0.1, -0.05) is 0 Å². The van der Waals surface area contributed by atoms with Gasteiger partial charge in [-0.3, -0.25) is 0 Å². The molecule has 0 aliphatic heterocycles. The summed E-state index contributed by atoms with van der Waals surface area (Å²) in [5, 5.41) is 6.34. The summed E-state index contributed by atoms with van der Waals surface area (Å²) in [6.07, 6.45) is 0.754. The first-order chi connectivity index (χ1) is 7.00. The molecule has 80 valence electrons. The van der Waals surface area contributed by atoms with Gasteiger partial charge in [0.1, 0.15) is 17.5 Å². The summed E-state index contributed by atoms with van der Waals surface area (Å²) in [5.41, 5.74) is 9.33. The van der Waals surface area contributed by atoms with E-state index in [-0.39, 0.29) is 5.96 Å². The van der Waals surface area contributed by atoms with Gasteiger partial charge in [-0.15, -0.1) is 5.10 Å². The van der Waals surface area contributed by atoms with E-state index >= 15 is 0 Å². The Morgan fingerprint density at radius 1 is 1.13 bits per heavy atom. The van der Waals surface area contributed by atoms with Crippen LogP contribution in [0.4, 0.5) is 13.2 Å². The first-order valence-electron chi connectivity index (χ1n) is 3.77. The molecule has 0 aliphatic rings. The molecule has 0 unspecified atom stereocenters. The highest BCUT2D eigenvalue weighted by molar-refractivity contribution is 5.82. The largest absolute Gasteiger partial charge is 0.369 e. The maximum atomic E-state index is 13.0. The van der Waals surface area contributed by atoms with E-state index < -0.39 is 23.0 Å². The number of benzene rings is 1. The standard InChI is InChI=1S/C8H7F3N4/c9-4-1-6(10)5(7(11)2-4)3-14-15-8(12)13/h1-3H,(H4,12,13,15)/b14-3+. The molecule has 0 heterocycles. The Morgan fingerprint density at radius 3 is 2.13 bits per heavy atom. The van der Waals surface area contributed by atoms with Crippen molar-refractivity contribution in [1.29, 1.82) is 0 Å². The van der Waals surface area contributed by atoms with Crippen LogP contribution >= 0.6 is 0 Å². The number of rotatable bonds is 2. The van der Waals surface area contributed by atoms with Crippen LogP contribution in [0.25, 0.3) is 0 Å². The molecule has 0 atom stereocenters. The molecule has 0 fully saturated rings. The molecule has 1 rings (SSSR count). The lowest BCUT2D eigenvalue weighted by atomic mass is 10.2. The van der Waals surface area contributed by atoms with Crippen molar-refractivity contribution < 1.29 is 13.2 Å². The zero-order chi connectivity index (χ0) is 11.4. The second-order valence-electron chi connectivity index (χ2n) is 2.55. The molecule has 0 aromatic heterocycles. The van der Waals surface area contributed by atoms with E-state index in [1.54, 1.807) is 0 Å². The minimum absolute atomic E-state index is 0.353. The Labute approximate surface area is 83.1 Å². The molecule has 1 aromatic rings. The SMILES string of the molecule is NC(N)=N/N=C/c1c(F)cc(F)cc1F. The average Bonchev–Trinajstić information content (AvgIpc) is 2.08. The number of halogens is 3. The van der Waals surface area contributed by atoms with Crippen LogP contribution in [0.5, 0.6) is 0 Å². The van der Waals surface area contributed by atoms with Crippen molar-refractivity contribution in [2.75, 3.05) is 0 Å². The Balaban J connectivity index is 3.05. The summed E-state index contributed by atoms with van der Waals surface area (Å²) in [7, 11) is 0. The quantitative estimate of drug-likeness (QED) is 0.434. The van der Waals surface area contributed by atoms with Crippen LogP contribution in [0, 0.1) is 17.5 Å². The predicted octanol–water partition coefficient (Wildman–Crippen LogP) is 0.711. The van der Waals surface area contributed by atoms with Gasteiger partial charge in [0, 0.05) is 12.1 Å². The van der Waals surface area contributed by atoms with E-state index in [9.17, 15) is 13.2 Å². The maximum Gasteiger partial charge on any atom is 0.211 e. The lowest BCUT2D eigenvalue weighted by molar-refractivity contribution is 0.541. The molecule has 0 saturated carbocycles. The van der Waals surface area contributed by atoms with Crippen molar-refractivity contribution in [2.45, 2.75) is 0 Å². The van der Waals surface area contributed by atoms with Gasteiger partial charge < -0.3 is 11.5 Å². The zero-order valence-electron chi connectivity index (χ0n) is 7.42. The topological polar surface area (TPSA) is 76.8 Å². The lowest BCUT2D eigenvalue weighted by Gasteiger charge is -1.97. The van der Waals surface area contributed by atoms with Crippen LogP contribution in [-0.4, -0.2) is 12.2 Å². The van der Waals surface area contributed by atoms with Crippen LogP contribution in [0.1, 0.15) is 5.56 Å². The maximum absolute atomic E-state index is 13.0. The Morgan fingerprint density at radius 2 is 1.67 bits per heavy atom. The number of hydrogen-bond acceptors (Lipinski definition) is 2. The number of guanidine groups is 1. The van der Waals surface area contributed by atoms with Gasteiger partial charge in [0.2, 0.25) is 5.96 Å². The van der Waals surface area contributed by atoms with Gasteiger partial charge >= 0.3 is 0 Å². The van der Waals surface area contributed by atoms with Gasteiger partial charge in [0.05, 0.1) is 11.8 Å². The molecule has 0 radical (unpaired) electrons. The van der Waals surface area contributed by atoms with E-state index in [0.29, 0.717) is 12.1 Å². The van der Waals surface area contributed by atoms with Crippen molar-refractivity contribution in [3.63, 3.8) is 0 Å². The number of nitrogens with zero attached hydrogens (tertiary/aromatic N) is 2. The van der Waals surface area contributed by atoms with E-state index in [4.69, 9.17) is 11.5 Å². The Bertz CT molecular complexity index is 401. The third kappa shape index (κ3) is 2.97. The van der Waals surface area contributed by atoms with Crippen molar-refractivity contribution in [1.82, 2.24) is 0 Å². The molecule has 0 bridgehead atoms. The van der Waals surface area contributed by atoms with E-state index in [1.165, 1.54) is 0 Å². The number of hydrogen-bond donors (Lipinski definition) is 2. The summed E-state index contributed by atoms with van der Waals surface area (Å²) >= 11 is 0. The summed E-state index contributed by atoms with van der Waals surface area (Å²) in [4.78, 5) is 0. The second kappa shape index (κ2) is 4.45. The molecule has 15 heavy (non-hydrogen) atoms. The highest BCUT2D eigenvalue weighted by Crippen LogP contribution is 2.12. The fourth-order valence-electron chi connectivity index (χ4n) is 0.830. The zero-order valence-corrected chi connectivity index (χ0v) is 7.42. The molecule has 4 N–H and O–H groups in total.